The lowest BCUT2D eigenvalue weighted by atomic mass is 9.63. The predicted molar refractivity (Wildman–Crippen MR) is 76.9 cm³/mol. The molecule has 1 aromatic rings. The molecule has 2 unspecified atom stereocenters. The van der Waals surface area contributed by atoms with Gasteiger partial charge in [-0.1, -0.05) is 36.8 Å². The molecule has 0 radical (unpaired) electrons. The topological polar surface area (TPSA) is 12.0 Å². The second-order valence-electron chi connectivity index (χ2n) is 6.28. The minimum Gasteiger partial charge on any atom is -0.316 e. The summed E-state index contributed by atoms with van der Waals surface area (Å²) in [4.78, 5) is 0. The zero-order valence-electron chi connectivity index (χ0n) is 11.7. The van der Waals surface area contributed by atoms with Crippen LogP contribution >= 0.6 is 0 Å². The average Bonchev–Trinajstić information content (AvgIpc) is 3.23. The molecule has 2 aliphatic rings. The van der Waals surface area contributed by atoms with Crippen molar-refractivity contribution in [3.8, 4) is 0 Å². The Kier molecular flexibility index (Phi) is 3.19. The first kappa shape index (κ1) is 12.2. The first-order valence-corrected chi connectivity index (χ1v) is 7.53. The first-order chi connectivity index (χ1) is 8.76. The molecule has 1 aliphatic heterocycles. The molecule has 2 fully saturated rings. The minimum absolute atomic E-state index is 0.582. The van der Waals surface area contributed by atoms with Crippen LogP contribution in [0.3, 0.4) is 0 Å². The normalized spacial score (nSPS) is 32.4. The molecule has 0 aromatic heterocycles. The molecule has 1 aromatic carbocycles. The number of hydrogen-bond acceptors (Lipinski definition) is 1. The zero-order valence-corrected chi connectivity index (χ0v) is 11.7. The van der Waals surface area contributed by atoms with E-state index in [0.29, 0.717) is 5.41 Å². The van der Waals surface area contributed by atoms with Crippen molar-refractivity contribution in [1.29, 1.82) is 0 Å². The molecule has 98 valence electrons. The summed E-state index contributed by atoms with van der Waals surface area (Å²) in [7, 11) is 0. The van der Waals surface area contributed by atoms with Crippen molar-refractivity contribution in [2.45, 2.75) is 45.4 Å². The molecule has 1 heterocycles. The molecule has 1 heteroatoms. The van der Waals surface area contributed by atoms with Gasteiger partial charge in [-0.3, -0.25) is 0 Å². The second-order valence-corrected chi connectivity index (χ2v) is 6.28. The Balaban J connectivity index is 1.96. The highest BCUT2D eigenvalue weighted by molar-refractivity contribution is 5.29. The maximum Gasteiger partial charge on any atom is 0.00256 e. The van der Waals surface area contributed by atoms with Gasteiger partial charge in [0.25, 0.3) is 0 Å². The van der Waals surface area contributed by atoms with Crippen LogP contribution in [-0.4, -0.2) is 13.1 Å². The maximum atomic E-state index is 3.62. The van der Waals surface area contributed by atoms with Crippen LogP contribution in [0.2, 0.25) is 0 Å². The monoisotopic (exact) mass is 243 g/mol. The molecular weight excluding hydrogens is 218 g/mol. The van der Waals surface area contributed by atoms with Crippen molar-refractivity contribution in [2.24, 2.45) is 11.3 Å². The van der Waals surface area contributed by atoms with E-state index in [-0.39, 0.29) is 0 Å². The molecule has 1 N–H and O–H groups in total. The highest BCUT2D eigenvalue weighted by Gasteiger charge is 2.50. The van der Waals surface area contributed by atoms with E-state index in [4.69, 9.17) is 0 Å². The molecule has 1 saturated carbocycles. The molecule has 1 saturated heterocycles. The summed E-state index contributed by atoms with van der Waals surface area (Å²) in [5, 5.41) is 3.62. The number of aryl methyl sites for hydroxylation is 1. The van der Waals surface area contributed by atoms with E-state index in [1.54, 1.807) is 5.56 Å². The van der Waals surface area contributed by atoms with Crippen molar-refractivity contribution >= 4 is 0 Å². The third-order valence-corrected chi connectivity index (χ3v) is 5.30. The Morgan fingerprint density at radius 3 is 2.83 bits per heavy atom. The van der Waals surface area contributed by atoms with Crippen LogP contribution in [0, 0.1) is 18.3 Å². The lowest BCUT2D eigenvalue weighted by Gasteiger charge is -2.45. The Hall–Kier alpha value is -0.820. The van der Waals surface area contributed by atoms with Crippen LogP contribution in [0.15, 0.2) is 24.3 Å². The Bertz CT molecular complexity index is 421. The predicted octanol–water partition coefficient (Wildman–Crippen LogP) is 3.88. The van der Waals surface area contributed by atoms with Gasteiger partial charge < -0.3 is 5.32 Å². The van der Waals surface area contributed by atoms with Gasteiger partial charge in [-0.25, -0.2) is 0 Å². The summed E-state index contributed by atoms with van der Waals surface area (Å²) < 4.78 is 0. The van der Waals surface area contributed by atoms with E-state index in [2.05, 4.69) is 43.4 Å². The summed E-state index contributed by atoms with van der Waals surface area (Å²) in [6.45, 7) is 7.01. The van der Waals surface area contributed by atoms with Crippen LogP contribution in [0.5, 0.6) is 0 Å². The van der Waals surface area contributed by atoms with Gasteiger partial charge in [0.2, 0.25) is 0 Å². The van der Waals surface area contributed by atoms with E-state index in [1.165, 1.54) is 44.3 Å². The van der Waals surface area contributed by atoms with Crippen LogP contribution < -0.4 is 5.32 Å². The molecular formula is C17H25N. The molecule has 3 rings (SSSR count). The lowest BCUT2D eigenvalue weighted by molar-refractivity contribution is 0.123. The highest BCUT2D eigenvalue weighted by atomic mass is 14.9. The summed E-state index contributed by atoms with van der Waals surface area (Å²) in [5.74, 6) is 1.72. The number of piperidine rings is 1. The van der Waals surface area contributed by atoms with Crippen LogP contribution in [0.4, 0.5) is 0 Å². The third-order valence-electron chi connectivity index (χ3n) is 5.30. The van der Waals surface area contributed by atoms with Crippen molar-refractivity contribution < 1.29 is 0 Å². The summed E-state index contributed by atoms with van der Waals surface area (Å²) in [6.07, 6.45) is 5.65. The summed E-state index contributed by atoms with van der Waals surface area (Å²) in [6, 6.07) is 9.19. The van der Waals surface area contributed by atoms with E-state index in [0.717, 1.165) is 11.8 Å². The molecule has 0 spiro atoms. The number of nitrogens with one attached hydrogen (secondary N) is 1. The van der Waals surface area contributed by atoms with Gasteiger partial charge in [-0.15, -0.1) is 0 Å². The third kappa shape index (κ3) is 1.99. The van der Waals surface area contributed by atoms with Gasteiger partial charge in [-0.05, 0) is 56.0 Å². The Morgan fingerprint density at radius 2 is 2.17 bits per heavy atom. The van der Waals surface area contributed by atoms with Gasteiger partial charge in [0.05, 0.1) is 0 Å². The maximum absolute atomic E-state index is 3.62. The Morgan fingerprint density at radius 1 is 1.33 bits per heavy atom. The fraction of sp³-hybridized carbons (Fsp3) is 0.647. The summed E-state index contributed by atoms with van der Waals surface area (Å²) >= 11 is 0. The molecule has 0 amide bonds. The number of rotatable bonds is 3. The smallest absolute Gasteiger partial charge is 0.00256 e. The fourth-order valence-corrected chi connectivity index (χ4v) is 4.14. The SMILES string of the molecule is CCC1(C2CC2)CCNCC1c1cccc(C)c1. The van der Waals surface area contributed by atoms with Crippen LogP contribution in [0.1, 0.15) is 49.7 Å². The van der Waals surface area contributed by atoms with Gasteiger partial charge in [0, 0.05) is 12.5 Å². The van der Waals surface area contributed by atoms with Crippen LogP contribution in [0.25, 0.3) is 0 Å². The molecule has 1 nitrogen and oxygen atoms in total. The lowest BCUT2D eigenvalue weighted by Crippen LogP contribution is -2.44. The number of hydrogen-bond donors (Lipinski definition) is 1. The highest BCUT2D eigenvalue weighted by Crippen LogP contribution is 2.58. The van der Waals surface area contributed by atoms with Gasteiger partial charge in [0.15, 0.2) is 0 Å². The van der Waals surface area contributed by atoms with Crippen molar-refractivity contribution in [1.82, 2.24) is 5.32 Å². The summed E-state index contributed by atoms with van der Waals surface area (Å²) in [5.41, 5.74) is 3.55. The van der Waals surface area contributed by atoms with Gasteiger partial charge in [0.1, 0.15) is 0 Å². The van der Waals surface area contributed by atoms with E-state index >= 15 is 0 Å². The number of benzene rings is 1. The Labute approximate surface area is 111 Å². The van der Waals surface area contributed by atoms with Crippen molar-refractivity contribution in [3.05, 3.63) is 35.4 Å². The standard InChI is InChI=1S/C17H25N/c1-3-17(15-7-8-15)9-10-18-12-16(17)14-6-4-5-13(2)11-14/h4-6,11,15-16,18H,3,7-10,12H2,1-2H3. The van der Waals surface area contributed by atoms with Crippen LogP contribution in [-0.2, 0) is 0 Å². The largest absolute Gasteiger partial charge is 0.316 e. The zero-order chi connectivity index (χ0) is 12.6. The van der Waals surface area contributed by atoms with E-state index < -0.39 is 0 Å². The molecule has 18 heavy (non-hydrogen) atoms. The van der Waals surface area contributed by atoms with E-state index in [9.17, 15) is 0 Å². The molecule has 2 atom stereocenters. The quantitative estimate of drug-likeness (QED) is 0.849. The fourth-order valence-electron chi connectivity index (χ4n) is 4.14. The second kappa shape index (κ2) is 4.70. The van der Waals surface area contributed by atoms with Crippen molar-refractivity contribution in [2.75, 3.05) is 13.1 Å². The molecule has 0 bridgehead atoms. The average molecular weight is 243 g/mol. The molecule has 1 aliphatic carbocycles. The van der Waals surface area contributed by atoms with E-state index in [1.807, 2.05) is 0 Å². The van der Waals surface area contributed by atoms with Gasteiger partial charge in [-0.2, -0.15) is 0 Å². The first-order valence-electron chi connectivity index (χ1n) is 7.53. The minimum atomic E-state index is 0.582. The van der Waals surface area contributed by atoms with Gasteiger partial charge >= 0.3 is 0 Å². The van der Waals surface area contributed by atoms with Crippen molar-refractivity contribution in [3.63, 3.8) is 0 Å².